The van der Waals surface area contributed by atoms with E-state index in [0.717, 1.165) is 76.4 Å². The first-order valence-electron chi connectivity index (χ1n) is 12.9. The van der Waals surface area contributed by atoms with Gasteiger partial charge in [-0.2, -0.15) is 0 Å². The van der Waals surface area contributed by atoms with Gasteiger partial charge in [0.1, 0.15) is 11.5 Å². The Kier molecular flexibility index (Phi) is 7.12. The molecule has 1 amide bonds. The van der Waals surface area contributed by atoms with Crippen molar-refractivity contribution in [1.82, 2.24) is 14.7 Å². The van der Waals surface area contributed by atoms with Crippen molar-refractivity contribution >= 4 is 12.0 Å². The summed E-state index contributed by atoms with van der Waals surface area (Å²) < 4.78 is 5.44. The van der Waals surface area contributed by atoms with Crippen LogP contribution in [0.25, 0.3) is 6.08 Å². The molecule has 0 aromatic heterocycles. The van der Waals surface area contributed by atoms with Crippen LogP contribution in [0.15, 0.2) is 54.6 Å². The number of nitrogens with zero attached hydrogens (tertiary/aromatic N) is 3. The molecular formula is C29H37N3O3. The summed E-state index contributed by atoms with van der Waals surface area (Å²) in [6, 6.07) is 15.8. The smallest absolute Gasteiger partial charge is 0.226 e. The van der Waals surface area contributed by atoms with Crippen LogP contribution in [0.2, 0.25) is 0 Å². The van der Waals surface area contributed by atoms with Crippen molar-refractivity contribution in [3.05, 3.63) is 65.7 Å². The molecular weight excluding hydrogens is 438 g/mol. The number of rotatable bonds is 7. The van der Waals surface area contributed by atoms with Crippen LogP contribution < -0.4 is 4.74 Å². The highest BCUT2D eigenvalue weighted by Gasteiger charge is 2.59. The van der Waals surface area contributed by atoms with Gasteiger partial charge in [-0.3, -0.25) is 14.6 Å². The maximum atomic E-state index is 13.3. The van der Waals surface area contributed by atoms with Crippen LogP contribution in [0, 0.1) is 11.3 Å². The highest BCUT2D eigenvalue weighted by molar-refractivity contribution is 5.83. The molecule has 1 saturated carbocycles. The molecule has 2 heterocycles. The standard InChI is InChI=1S/C29H37N3O3/c1-35-27-11-5-10-26(33)24(27)22-31-15-12-29(13-16-31)21-25(29)28(34)32-19-17-30(18-20-32)14-6-9-23-7-3-2-4-8-23/h2-11,25,33H,12-22H2,1H3/b9-6+/t25-/m1/s1. The first kappa shape index (κ1) is 23.9. The van der Waals surface area contributed by atoms with Crippen LogP contribution in [-0.4, -0.2) is 78.6 Å². The Morgan fingerprint density at radius 2 is 1.74 bits per heavy atom. The lowest BCUT2D eigenvalue weighted by atomic mass is 9.90. The van der Waals surface area contributed by atoms with Gasteiger partial charge in [0.25, 0.3) is 0 Å². The Bertz CT molecular complexity index is 1040. The number of ether oxygens (including phenoxy) is 1. The summed E-state index contributed by atoms with van der Waals surface area (Å²) in [5, 5.41) is 10.3. The van der Waals surface area contributed by atoms with E-state index in [0.29, 0.717) is 18.2 Å². The van der Waals surface area contributed by atoms with E-state index in [-0.39, 0.29) is 11.3 Å². The monoisotopic (exact) mass is 475 g/mol. The Morgan fingerprint density at radius 3 is 2.46 bits per heavy atom. The van der Waals surface area contributed by atoms with Crippen LogP contribution in [0.1, 0.15) is 30.4 Å². The summed E-state index contributed by atoms with van der Waals surface area (Å²) in [4.78, 5) is 20.2. The highest BCUT2D eigenvalue weighted by Crippen LogP contribution is 2.60. The van der Waals surface area contributed by atoms with Gasteiger partial charge in [-0.15, -0.1) is 0 Å². The van der Waals surface area contributed by atoms with Crippen molar-refractivity contribution in [1.29, 1.82) is 0 Å². The normalized spacial score (nSPS) is 22.5. The van der Waals surface area contributed by atoms with Crippen molar-refractivity contribution in [2.45, 2.75) is 25.8 Å². The van der Waals surface area contributed by atoms with Crippen molar-refractivity contribution in [3.8, 4) is 11.5 Å². The van der Waals surface area contributed by atoms with Gasteiger partial charge in [-0.25, -0.2) is 0 Å². The Labute approximate surface area is 208 Å². The molecule has 35 heavy (non-hydrogen) atoms. The van der Waals surface area contributed by atoms with E-state index in [1.807, 2.05) is 18.2 Å². The Hall–Kier alpha value is -2.83. The molecule has 3 aliphatic rings. The fraction of sp³-hybridized carbons (Fsp3) is 0.483. The zero-order valence-electron chi connectivity index (χ0n) is 20.7. The summed E-state index contributed by atoms with van der Waals surface area (Å²) in [6.45, 7) is 7.10. The van der Waals surface area contributed by atoms with Gasteiger partial charge in [0.15, 0.2) is 0 Å². The quantitative estimate of drug-likeness (QED) is 0.659. The summed E-state index contributed by atoms with van der Waals surface area (Å²) in [5.41, 5.74) is 2.28. The fourth-order valence-electron chi connectivity index (χ4n) is 5.81. The SMILES string of the molecule is COc1cccc(O)c1CN1CCC2(CC1)C[C@@H]2C(=O)N1CCN(C/C=C/c2ccccc2)CC1. The summed E-state index contributed by atoms with van der Waals surface area (Å²) in [6.07, 6.45) is 7.56. The molecule has 5 rings (SSSR count). The van der Waals surface area contributed by atoms with Gasteiger partial charge < -0.3 is 14.7 Å². The minimum atomic E-state index is 0.200. The lowest BCUT2D eigenvalue weighted by Crippen LogP contribution is -2.49. The zero-order valence-corrected chi connectivity index (χ0v) is 20.7. The third kappa shape index (κ3) is 5.39. The predicted molar refractivity (Wildman–Crippen MR) is 138 cm³/mol. The lowest BCUT2D eigenvalue weighted by Gasteiger charge is -2.36. The van der Waals surface area contributed by atoms with Crippen LogP contribution >= 0.6 is 0 Å². The molecule has 0 radical (unpaired) electrons. The van der Waals surface area contributed by atoms with Crippen molar-refractivity contribution in [2.24, 2.45) is 11.3 Å². The molecule has 3 fully saturated rings. The van der Waals surface area contributed by atoms with Gasteiger partial charge in [-0.1, -0.05) is 48.6 Å². The number of carbonyl (C=O) groups excluding carboxylic acids is 1. The number of piperidine rings is 1. The van der Waals surface area contributed by atoms with E-state index in [1.54, 1.807) is 13.2 Å². The summed E-state index contributed by atoms with van der Waals surface area (Å²) in [7, 11) is 1.64. The number of phenols is 1. The molecule has 1 aliphatic carbocycles. The largest absolute Gasteiger partial charge is 0.507 e. The van der Waals surface area contributed by atoms with Gasteiger partial charge in [0.2, 0.25) is 5.91 Å². The molecule has 6 nitrogen and oxygen atoms in total. The summed E-state index contributed by atoms with van der Waals surface area (Å²) >= 11 is 0. The number of carbonyl (C=O) groups is 1. The number of likely N-dealkylation sites (tertiary alicyclic amines) is 1. The van der Waals surface area contributed by atoms with Gasteiger partial charge in [0, 0.05) is 50.7 Å². The Morgan fingerprint density at radius 1 is 1.00 bits per heavy atom. The second-order valence-corrected chi connectivity index (χ2v) is 10.3. The molecule has 0 unspecified atom stereocenters. The minimum Gasteiger partial charge on any atom is -0.507 e. The molecule has 2 aliphatic heterocycles. The van der Waals surface area contributed by atoms with Crippen molar-refractivity contribution < 1.29 is 14.6 Å². The molecule has 2 saturated heterocycles. The third-order valence-corrected chi connectivity index (χ3v) is 8.21. The maximum Gasteiger partial charge on any atom is 0.226 e. The molecule has 2 aromatic carbocycles. The molecule has 2 aromatic rings. The number of piperazine rings is 1. The lowest BCUT2D eigenvalue weighted by molar-refractivity contribution is -0.135. The predicted octanol–water partition coefficient (Wildman–Crippen LogP) is 3.86. The van der Waals surface area contributed by atoms with E-state index >= 15 is 0 Å². The first-order valence-corrected chi connectivity index (χ1v) is 12.9. The first-order chi connectivity index (χ1) is 17.1. The average Bonchev–Trinajstić information content (AvgIpc) is 3.60. The second-order valence-electron chi connectivity index (χ2n) is 10.3. The zero-order chi connectivity index (χ0) is 24.3. The topological polar surface area (TPSA) is 56.3 Å². The minimum absolute atomic E-state index is 0.200. The average molecular weight is 476 g/mol. The number of hydrogen-bond acceptors (Lipinski definition) is 5. The van der Waals surface area contributed by atoms with Crippen LogP contribution in [-0.2, 0) is 11.3 Å². The Balaban J connectivity index is 1.06. The van der Waals surface area contributed by atoms with Crippen LogP contribution in [0.5, 0.6) is 11.5 Å². The van der Waals surface area contributed by atoms with E-state index in [2.05, 4.69) is 51.1 Å². The van der Waals surface area contributed by atoms with Crippen LogP contribution in [0.3, 0.4) is 0 Å². The highest BCUT2D eigenvalue weighted by atomic mass is 16.5. The van der Waals surface area contributed by atoms with E-state index < -0.39 is 0 Å². The van der Waals surface area contributed by atoms with Gasteiger partial charge in [0.05, 0.1) is 7.11 Å². The van der Waals surface area contributed by atoms with Crippen LogP contribution in [0.4, 0.5) is 0 Å². The summed E-state index contributed by atoms with van der Waals surface area (Å²) in [5.74, 6) is 1.60. The molecule has 186 valence electrons. The van der Waals surface area contributed by atoms with E-state index in [4.69, 9.17) is 4.74 Å². The number of phenolic OH excluding ortho intramolecular Hbond substituents is 1. The molecule has 1 N–H and O–H groups in total. The second kappa shape index (κ2) is 10.4. The maximum absolute atomic E-state index is 13.3. The molecule has 0 bridgehead atoms. The fourth-order valence-corrected chi connectivity index (χ4v) is 5.81. The number of benzene rings is 2. The van der Waals surface area contributed by atoms with Gasteiger partial charge in [-0.05, 0) is 55.5 Å². The molecule has 1 atom stereocenters. The number of methoxy groups -OCH3 is 1. The van der Waals surface area contributed by atoms with Gasteiger partial charge >= 0.3 is 0 Å². The molecule has 1 spiro atoms. The molecule has 6 heteroatoms. The number of aromatic hydroxyl groups is 1. The number of amides is 1. The third-order valence-electron chi connectivity index (χ3n) is 8.21. The van der Waals surface area contributed by atoms with Crippen molar-refractivity contribution in [3.63, 3.8) is 0 Å². The van der Waals surface area contributed by atoms with E-state index in [9.17, 15) is 9.90 Å². The van der Waals surface area contributed by atoms with E-state index in [1.165, 1.54) is 5.56 Å². The number of hydrogen-bond donors (Lipinski definition) is 1. The van der Waals surface area contributed by atoms with Crippen molar-refractivity contribution in [2.75, 3.05) is 52.9 Å².